The molecule has 0 aliphatic rings. The zero-order valence-corrected chi connectivity index (χ0v) is 12.4. The molecule has 20 heavy (non-hydrogen) atoms. The Morgan fingerprint density at radius 1 is 1.05 bits per heavy atom. The predicted octanol–water partition coefficient (Wildman–Crippen LogP) is 4.95. The molecule has 2 nitrogen and oxygen atoms in total. The first-order valence-electron chi connectivity index (χ1n) is 6.05. The van der Waals surface area contributed by atoms with Crippen LogP contribution in [0.25, 0.3) is 6.08 Å². The first kappa shape index (κ1) is 14.6. The smallest absolute Gasteiger partial charge is 0.248 e. The summed E-state index contributed by atoms with van der Waals surface area (Å²) in [5.41, 5.74) is 2.58. The van der Waals surface area contributed by atoms with Crippen molar-refractivity contribution in [3.63, 3.8) is 0 Å². The summed E-state index contributed by atoms with van der Waals surface area (Å²) < 4.78 is 0. The van der Waals surface area contributed by atoms with Crippen molar-refractivity contribution in [2.24, 2.45) is 0 Å². The number of carbonyl (C=O) groups is 1. The van der Waals surface area contributed by atoms with Gasteiger partial charge in [-0.3, -0.25) is 4.79 Å². The lowest BCUT2D eigenvalue weighted by Gasteiger charge is -2.06. The summed E-state index contributed by atoms with van der Waals surface area (Å²) in [7, 11) is 0. The van der Waals surface area contributed by atoms with Crippen molar-refractivity contribution in [3.8, 4) is 0 Å². The molecule has 4 heteroatoms. The van der Waals surface area contributed by atoms with Crippen molar-refractivity contribution < 1.29 is 4.79 Å². The fourth-order valence-corrected chi connectivity index (χ4v) is 1.95. The van der Waals surface area contributed by atoms with Gasteiger partial charge in [-0.15, -0.1) is 0 Å². The van der Waals surface area contributed by atoms with Crippen LogP contribution in [-0.4, -0.2) is 5.91 Å². The van der Waals surface area contributed by atoms with Crippen LogP contribution in [0.5, 0.6) is 0 Å². The van der Waals surface area contributed by atoms with Crippen LogP contribution in [0.3, 0.4) is 0 Å². The molecule has 2 aromatic rings. The van der Waals surface area contributed by atoms with E-state index in [4.69, 9.17) is 23.2 Å². The topological polar surface area (TPSA) is 29.1 Å². The lowest BCUT2D eigenvalue weighted by Crippen LogP contribution is -2.08. The molecule has 0 unspecified atom stereocenters. The third kappa shape index (κ3) is 4.12. The van der Waals surface area contributed by atoms with E-state index in [1.807, 2.05) is 25.1 Å². The van der Waals surface area contributed by atoms with E-state index in [1.54, 1.807) is 30.3 Å². The highest BCUT2D eigenvalue weighted by Crippen LogP contribution is 2.20. The van der Waals surface area contributed by atoms with Crippen molar-refractivity contribution in [3.05, 3.63) is 69.7 Å². The number of nitrogens with one attached hydrogen (secondary N) is 1. The Balaban J connectivity index is 2.05. The fraction of sp³-hybridized carbons (Fsp3) is 0.0625. The molecule has 0 saturated heterocycles. The molecular formula is C16H13Cl2NO. The highest BCUT2D eigenvalue weighted by molar-refractivity contribution is 6.31. The van der Waals surface area contributed by atoms with E-state index in [0.29, 0.717) is 15.7 Å². The van der Waals surface area contributed by atoms with Gasteiger partial charge in [-0.2, -0.15) is 0 Å². The molecule has 0 atom stereocenters. The number of hydrogen-bond acceptors (Lipinski definition) is 1. The van der Waals surface area contributed by atoms with E-state index in [-0.39, 0.29) is 5.91 Å². The van der Waals surface area contributed by atoms with Gasteiger partial charge >= 0.3 is 0 Å². The number of amides is 1. The number of carbonyl (C=O) groups excluding carboxylic acids is 1. The second-order valence-corrected chi connectivity index (χ2v) is 5.21. The predicted molar refractivity (Wildman–Crippen MR) is 85.3 cm³/mol. The molecule has 102 valence electrons. The molecule has 0 aromatic heterocycles. The summed E-state index contributed by atoms with van der Waals surface area (Å²) in [5, 5.41) is 4.05. The standard InChI is InChI=1S/C16H13Cl2NO/c1-11-2-6-14(18)10-15(11)19-16(20)9-5-12-3-7-13(17)8-4-12/h2-10H,1H3,(H,19,20)/b9-5+. The van der Waals surface area contributed by atoms with Gasteiger partial charge in [0.05, 0.1) is 0 Å². The first-order chi connectivity index (χ1) is 9.54. The molecule has 0 radical (unpaired) electrons. The van der Waals surface area contributed by atoms with Crippen molar-refractivity contribution >= 4 is 40.9 Å². The Bertz CT molecular complexity index is 648. The summed E-state index contributed by atoms with van der Waals surface area (Å²) >= 11 is 11.7. The zero-order chi connectivity index (χ0) is 14.5. The fourth-order valence-electron chi connectivity index (χ4n) is 1.65. The minimum absolute atomic E-state index is 0.203. The van der Waals surface area contributed by atoms with Gasteiger partial charge in [0.2, 0.25) is 5.91 Å². The first-order valence-corrected chi connectivity index (χ1v) is 6.81. The molecular weight excluding hydrogens is 293 g/mol. The Kier molecular flexibility index (Phi) is 4.83. The maximum atomic E-state index is 11.8. The summed E-state index contributed by atoms with van der Waals surface area (Å²) in [6.07, 6.45) is 3.20. The largest absolute Gasteiger partial charge is 0.322 e. The number of halogens is 2. The van der Waals surface area contributed by atoms with E-state index in [0.717, 1.165) is 11.1 Å². The number of aryl methyl sites for hydroxylation is 1. The van der Waals surface area contributed by atoms with Crippen LogP contribution in [-0.2, 0) is 4.79 Å². The average Bonchev–Trinajstić information content (AvgIpc) is 2.42. The van der Waals surface area contributed by atoms with Gasteiger partial charge in [-0.05, 0) is 48.4 Å². The SMILES string of the molecule is Cc1ccc(Cl)cc1NC(=O)/C=C/c1ccc(Cl)cc1. The summed E-state index contributed by atoms with van der Waals surface area (Å²) in [6.45, 7) is 1.91. The van der Waals surface area contributed by atoms with Crippen molar-refractivity contribution in [1.29, 1.82) is 0 Å². The Labute approximate surface area is 128 Å². The van der Waals surface area contributed by atoms with Crippen molar-refractivity contribution in [2.75, 3.05) is 5.32 Å². The zero-order valence-electron chi connectivity index (χ0n) is 10.9. The number of anilines is 1. The van der Waals surface area contributed by atoms with Crippen LogP contribution in [0.15, 0.2) is 48.5 Å². The van der Waals surface area contributed by atoms with Gasteiger partial charge in [-0.1, -0.05) is 41.4 Å². The van der Waals surface area contributed by atoms with E-state index >= 15 is 0 Å². The summed E-state index contributed by atoms with van der Waals surface area (Å²) in [6, 6.07) is 12.6. The highest BCUT2D eigenvalue weighted by Gasteiger charge is 2.02. The molecule has 0 heterocycles. The normalized spacial score (nSPS) is 10.8. The lowest BCUT2D eigenvalue weighted by atomic mass is 10.2. The second kappa shape index (κ2) is 6.60. The van der Waals surface area contributed by atoms with Crippen LogP contribution in [0.4, 0.5) is 5.69 Å². The van der Waals surface area contributed by atoms with Gasteiger partial charge in [0.1, 0.15) is 0 Å². The molecule has 0 aliphatic heterocycles. The van der Waals surface area contributed by atoms with Gasteiger partial charge in [-0.25, -0.2) is 0 Å². The van der Waals surface area contributed by atoms with Crippen LogP contribution >= 0.6 is 23.2 Å². The minimum atomic E-state index is -0.203. The quantitative estimate of drug-likeness (QED) is 0.798. The maximum Gasteiger partial charge on any atom is 0.248 e. The van der Waals surface area contributed by atoms with E-state index in [9.17, 15) is 4.79 Å². The van der Waals surface area contributed by atoms with Crippen molar-refractivity contribution in [1.82, 2.24) is 0 Å². The summed E-state index contributed by atoms with van der Waals surface area (Å²) in [5.74, 6) is -0.203. The highest BCUT2D eigenvalue weighted by atomic mass is 35.5. The molecule has 0 aliphatic carbocycles. The third-order valence-electron chi connectivity index (χ3n) is 2.75. The molecule has 0 fully saturated rings. The molecule has 0 saturated carbocycles. The van der Waals surface area contributed by atoms with Gasteiger partial charge in [0.25, 0.3) is 0 Å². The molecule has 0 spiro atoms. The van der Waals surface area contributed by atoms with Crippen molar-refractivity contribution in [2.45, 2.75) is 6.92 Å². The minimum Gasteiger partial charge on any atom is -0.322 e. The van der Waals surface area contributed by atoms with E-state index < -0.39 is 0 Å². The maximum absolute atomic E-state index is 11.8. The van der Waals surface area contributed by atoms with Crippen LogP contribution < -0.4 is 5.32 Å². The Hall–Kier alpha value is -1.77. The van der Waals surface area contributed by atoms with Gasteiger partial charge < -0.3 is 5.32 Å². The number of rotatable bonds is 3. The molecule has 1 N–H and O–H groups in total. The van der Waals surface area contributed by atoms with Gasteiger partial charge in [0.15, 0.2) is 0 Å². The van der Waals surface area contributed by atoms with Gasteiger partial charge in [0, 0.05) is 21.8 Å². The number of benzene rings is 2. The van der Waals surface area contributed by atoms with Crippen LogP contribution in [0.2, 0.25) is 10.0 Å². The number of hydrogen-bond donors (Lipinski definition) is 1. The molecule has 2 aromatic carbocycles. The summed E-state index contributed by atoms with van der Waals surface area (Å²) in [4.78, 5) is 11.8. The Morgan fingerprint density at radius 3 is 2.40 bits per heavy atom. The monoisotopic (exact) mass is 305 g/mol. The molecule has 2 rings (SSSR count). The third-order valence-corrected chi connectivity index (χ3v) is 3.24. The second-order valence-electron chi connectivity index (χ2n) is 4.33. The molecule has 0 bridgehead atoms. The molecule has 1 amide bonds. The van der Waals surface area contributed by atoms with E-state index in [2.05, 4.69) is 5.32 Å². The lowest BCUT2D eigenvalue weighted by molar-refractivity contribution is -0.111. The van der Waals surface area contributed by atoms with Crippen LogP contribution in [0, 0.1) is 6.92 Å². The average molecular weight is 306 g/mol. The van der Waals surface area contributed by atoms with Crippen LogP contribution in [0.1, 0.15) is 11.1 Å². The van der Waals surface area contributed by atoms with E-state index in [1.165, 1.54) is 6.08 Å². The Morgan fingerprint density at radius 2 is 1.70 bits per heavy atom.